The summed E-state index contributed by atoms with van der Waals surface area (Å²) < 4.78 is 12.8. The van der Waals surface area contributed by atoms with E-state index in [1.165, 1.54) is 6.21 Å². The molecule has 1 amide bonds. The molecule has 3 aromatic rings. The van der Waals surface area contributed by atoms with Gasteiger partial charge in [0.1, 0.15) is 13.2 Å². The smallest absolute Gasteiger partial charge is 0.261 e. The van der Waals surface area contributed by atoms with E-state index in [0.29, 0.717) is 28.2 Å². The van der Waals surface area contributed by atoms with Crippen LogP contribution in [0.2, 0.25) is 10.0 Å². The second-order valence-corrected chi connectivity index (χ2v) is 7.21. The van der Waals surface area contributed by atoms with Crippen molar-refractivity contribution in [1.82, 2.24) is 15.2 Å². The van der Waals surface area contributed by atoms with Crippen molar-refractivity contribution in [2.24, 2.45) is 5.10 Å². The number of aryl methyl sites for hydroxylation is 1. The highest BCUT2D eigenvalue weighted by molar-refractivity contribution is 6.42. The zero-order valence-electron chi connectivity index (χ0n) is 16.4. The third kappa shape index (κ3) is 5.98. The third-order valence-electron chi connectivity index (χ3n) is 4.05. The van der Waals surface area contributed by atoms with Crippen LogP contribution in [0.15, 0.2) is 53.8 Å². The monoisotopic (exact) mass is 446 g/mol. The molecule has 0 aliphatic rings. The lowest BCUT2D eigenvalue weighted by Gasteiger charge is -2.11. The van der Waals surface area contributed by atoms with Crippen LogP contribution in [-0.2, 0) is 17.9 Å². The predicted octanol–water partition coefficient (Wildman–Crippen LogP) is 4.24. The van der Waals surface area contributed by atoms with E-state index < -0.39 is 0 Å². The van der Waals surface area contributed by atoms with Crippen molar-refractivity contribution in [2.45, 2.75) is 20.1 Å². The van der Waals surface area contributed by atoms with Gasteiger partial charge in [0.15, 0.2) is 11.5 Å². The highest BCUT2D eigenvalue weighted by Crippen LogP contribution is 2.29. The summed E-state index contributed by atoms with van der Waals surface area (Å²) in [5.74, 6) is 0.832. The Kier molecular flexibility index (Phi) is 7.32. The molecule has 0 radical (unpaired) electrons. The lowest BCUT2D eigenvalue weighted by Crippen LogP contribution is -2.23. The van der Waals surface area contributed by atoms with Gasteiger partial charge in [-0.1, -0.05) is 29.3 Å². The summed E-state index contributed by atoms with van der Waals surface area (Å²) in [6, 6.07) is 12.5. The summed E-state index contributed by atoms with van der Waals surface area (Å²) in [5.41, 5.74) is 4.94. The number of hydrazone groups is 1. The Labute approximate surface area is 184 Å². The van der Waals surface area contributed by atoms with E-state index in [1.54, 1.807) is 48.3 Å². The minimum absolute atomic E-state index is 0.0932. The second-order valence-electron chi connectivity index (χ2n) is 6.40. The minimum Gasteiger partial charge on any atom is -0.493 e. The Hall–Kier alpha value is -3.03. The standard InChI is InChI=1S/C21H20Cl2N4O3/c1-14-7-8-27(26-14)12-21(28)25-24-11-15-4-6-19(20(10-15)29-2)30-13-16-3-5-17(22)18(23)9-16/h3-11H,12-13H2,1-2H3,(H,25,28)/b24-11-. The van der Waals surface area contributed by atoms with Gasteiger partial charge in [0, 0.05) is 6.20 Å². The number of carbonyl (C=O) groups is 1. The van der Waals surface area contributed by atoms with Gasteiger partial charge in [0.25, 0.3) is 5.91 Å². The molecule has 0 saturated carbocycles. The Bertz CT molecular complexity index is 1070. The molecular weight excluding hydrogens is 427 g/mol. The van der Waals surface area contributed by atoms with E-state index in [9.17, 15) is 4.79 Å². The zero-order valence-corrected chi connectivity index (χ0v) is 17.9. The van der Waals surface area contributed by atoms with Crippen LogP contribution in [0.3, 0.4) is 0 Å². The average Bonchev–Trinajstić information content (AvgIpc) is 3.13. The quantitative estimate of drug-likeness (QED) is 0.414. The number of hydrogen-bond acceptors (Lipinski definition) is 5. The Morgan fingerprint density at radius 3 is 2.70 bits per heavy atom. The van der Waals surface area contributed by atoms with Gasteiger partial charge in [-0.15, -0.1) is 0 Å². The molecule has 1 heterocycles. The molecule has 156 valence electrons. The molecule has 0 aliphatic carbocycles. The maximum atomic E-state index is 11.9. The molecule has 0 unspecified atom stereocenters. The first-order valence-corrected chi connectivity index (χ1v) is 9.77. The van der Waals surface area contributed by atoms with E-state index in [1.807, 2.05) is 19.1 Å². The lowest BCUT2D eigenvalue weighted by atomic mass is 10.2. The number of halogens is 2. The molecule has 0 aliphatic heterocycles. The number of rotatable bonds is 8. The van der Waals surface area contributed by atoms with Gasteiger partial charge >= 0.3 is 0 Å². The van der Waals surface area contributed by atoms with Crippen LogP contribution in [0.1, 0.15) is 16.8 Å². The van der Waals surface area contributed by atoms with Crippen molar-refractivity contribution in [2.75, 3.05) is 7.11 Å². The fraction of sp³-hybridized carbons (Fsp3) is 0.190. The van der Waals surface area contributed by atoms with Crippen molar-refractivity contribution >= 4 is 35.3 Å². The molecule has 0 saturated heterocycles. The summed E-state index contributed by atoms with van der Waals surface area (Å²) in [6.45, 7) is 2.26. The first-order valence-electron chi connectivity index (χ1n) is 9.01. The second kappa shape index (κ2) is 10.1. The van der Waals surface area contributed by atoms with E-state index in [2.05, 4.69) is 15.6 Å². The van der Waals surface area contributed by atoms with E-state index in [0.717, 1.165) is 16.8 Å². The van der Waals surface area contributed by atoms with Crippen molar-refractivity contribution in [3.63, 3.8) is 0 Å². The molecule has 0 spiro atoms. The zero-order chi connectivity index (χ0) is 21.5. The van der Waals surface area contributed by atoms with Crippen LogP contribution >= 0.6 is 23.2 Å². The number of amides is 1. The molecule has 0 atom stereocenters. The van der Waals surface area contributed by atoms with E-state index >= 15 is 0 Å². The van der Waals surface area contributed by atoms with Crippen LogP contribution < -0.4 is 14.9 Å². The third-order valence-corrected chi connectivity index (χ3v) is 4.79. The highest BCUT2D eigenvalue weighted by Gasteiger charge is 2.07. The molecule has 0 bridgehead atoms. The van der Waals surface area contributed by atoms with Gasteiger partial charge in [0.05, 0.1) is 29.1 Å². The summed E-state index contributed by atoms with van der Waals surface area (Å²) in [5, 5.41) is 9.10. The lowest BCUT2D eigenvalue weighted by molar-refractivity contribution is -0.121. The van der Waals surface area contributed by atoms with E-state index in [4.69, 9.17) is 32.7 Å². The predicted molar refractivity (Wildman–Crippen MR) is 116 cm³/mol. The van der Waals surface area contributed by atoms with Gasteiger partial charge in [0.2, 0.25) is 0 Å². The fourth-order valence-corrected chi connectivity index (χ4v) is 2.91. The maximum Gasteiger partial charge on any atom is 0.261 e. The van der Waals surface area contributed by atoms with Gasteiger partial charge in [-0.2, -0.15) is 10.2 Å². The molecule has 2 aromatic carbocycles. The van der Waals surface area contributed by atoms with Gasteiger partial charge < -0.3 is 9.47 Å². The molecule has 7 nitrogen and oxygen atoms in total. The number of nitrogens with one attached hydrogen (secondary N) is 1. The Morgan fingerprint density at radius 1 is 1.17 bits per heavy atom. The number of methoxy groups -OCH3 is 1. The summed E-state index contributed by atoms with van der Waals surface area (Å²) >= 11 is 12.0. The molecule has 3 rings (SSSR count). The molecular formula is C21H20Cl2N4O3. The number of benzene rings is 2. The summed E-state index contributed by atoms with van der Waals surface area (Å²) in [6.07, 6.45) is 3.26. The van der Waals surface area contributed by atoms with Crippen LogP contribution in [-0.4, -0.2) is 29.0 Å². The summed E-state index contributed by atoms with van der Waals surface area (Å²) in [4.78, 5) is 11.9. The summed E-state index contributed by atoms with van der Waals surface area (Å²) in [7, 11) is 1.55. The topological polar surface area (TPSA) is 77.7 Å². The molecule has 30 heavy (non-hydrogen) atoms. The van der Waals surface area contributed by atoms with E-state index in [-0.39, 0.29) is 12.5 Å². The number of hydrogen-bond donors (Lipinski definition) is 1. The van der Waals surface area contributed by atoms with Gasteiger partial charge in [-0.3, -0.25) is 9.48 Å². The fourth-order valence-electron chi connectivity index (χ4n) is 2.59. The van der Waals surface area contributed by atoms with Crippen LogP contribution in [0.4, 0.5) is 0 Å². The number of ether oxygens (including phenoxy) is 2. The number of nitrogens with zero attached hydrogens (tertiary/aromatic N) is 3. The SMILES string of the molecule is COc1cc(/C=N\NC(=O)Cn2ccc(C)n2)ccc1OCc1ccc(Cl)c(Cl)c1. The number of carbonyl (C=O) groups excluding carboxylic acids is 1. The first kappa shape index (κ1) is 21.7. The van der Waals surface area contributed by atoms with Gasteiger partial charge in [-0.05, 0) is 54.4 Å². The molecule has 1 aromatic heterocycles. The van der Waals surface area contributed by atoms with Crippen LogP contribution in [0, 0.1) is 6.92 Å². The van der Waals surface area contributed by atoms with Crippen molar-refractivity contribution < 1.29 is 14.3 Å². The molecule has 0 fully saturated rings. The first-order chi connectivity index (χ1) is 14.4. The molecule has 9 heteroatoms. The molecule has 1 N–H and O–H groups in total. The maximum absolute atomic E-state index is 11.9. The minimum atomic E-state index is -0.275. The average molecular weight is 447 g/mol. The largest absolute Gasteiger partial charge is 0.493 e. The van der Waals surface area contributed by atoms with Crippen molar-refractivity contribution in [3.05, 3.63) is 75.5 Å². The normalized spacial score (nSPS) is 10.9. The van der Waals surface area contributed by atoms with Crippen LogP contribution in [0.5, 0.6) is 11.5 Å². The Balaban J connectivity index is 1.58. The Morgan fingerprint density at radius 2 is 2.00 bits per heavy atom. The van der Waals surface area contributed by atoms with Crippen molar-refractivity contribution in [3.8, 4) is 11.5 Å². The number of aromatic nitrogens is 2. The van der Waals surface area contributed by atoms with Gasteiger partial charge in [-0.25, -0.2) is 5.43 Å². The van der Waals surface area contributed by atoms with Crippen molar-refractivity contribution in [1.29, 1.82) is 0 Å². The van der Waals surface area contributed by atoms with Crippen LogP contribution in [0.25, 0.3) is 0 Å². The highest BCUT2D eigenvalue weighted by atomic mass is 35.5.